The summed E-state index contributed by atoms with van der Waals surface area (Å²) in [4.78, 5) is 12.3. The molecule has 142 valence electrons. The van der Waals surface area contributed by atoms with Crippen LogP contribution in [0.25, 0.3) is 0 Å². The number of hydrogen-bond acceptors (Lipinski definition) is 4. The maximum absolute atomic E-state index is 13.1. The summed E-state index contributed by atoms with van der Waals surface area (Å²) in [6.07, 6.45) is 3.31. The summed E-state index contributed by atoms with van der Waals surface area (Å²) in [5.74, 6) is -0.423. The predicted molar refractivity (Wildman–Crippen MR) is 101 cm³/mol. The van der Waals surface area contributed by atoms with Gasteiger partial charge in [0.1, 0.15) is 17.3 Å². The van der Waals surface area contributed by atoms with E-state index in [9.17, 15) is 9.18 Å². The summed E-state index contributed by atoms with van der Waals surface area (Å²) < 4.78 is 22.7. The van der Waals surface area contributed by atoms with Crippen LogP contribution in [0.2, 0.25) is 5.02 Å². The van der Waals surface area contributed by atoms with E-state index in [1.54, 1.807) is 23.1 Å². The van der Waals surface area contributed by atoms with E-state index in [-0.39, 0.29) is 23.4 Å². The van der Waals surface area contributed by atoms with Crippen molar-refractivity contribution in [2.75, 3.05) is 0 Å². The molecule has 0 atom stereocenters. The Balaban J connectivity index is 1.57. The summed E-state index contributed by atoms with van der Waals surface area (Å²) in [5.41, 5.74) is 1.14. The molecule has 2 heterocycles. The Morgan fingerprint density at radius 3 is 2.96 bits per heavy atom. The van der Waals surface area contributed by atoms with Crippen LogP contribution in [0.15, 0.2) is 41.1 Å². The second-order valence-corrected chi connectivity index (χ2v) is 6.79. The van der Waals surface area contributed by atoms with Gasteiger partial charge in [0.15, 0.2) is 6.73 Å². The van der Waals surface area contributed by atoms with Gasteiger partial charge in [0.25, 0.3) is 5.91 Å². The minimum atomic E-state index is -0.516. The Morgan fingerprint density at radius 2 is 2.22 bits per heavy atom. The second kappa shape index (κ2) is 8.53. The van der Waals surface area contributed by atoms with Gasteiger partial charge in [-0.2, -0.15) is 10.2 Å². The molecule has 3 aromatic rings. The Morgan fingerprint density at radius 1 is 1.41 bits per heavy atom. The second-order valence-electron chi connectivity index (χ2n) is 5.53. The van der Waals surface area contributed by atoms with Crippen LogP contribution in [0.3, 0.4) is 0 Å². The highest BCUT2D eigenvalue weighted by Gasteiger charge is 2.13. The number of amides is 1. The summed E-state index contributed by atoms with van der Waals surface area (Å²) in [6.45, 7) is 3.06. The van der Waals surface area contributed by atoms with Crippen molar-refractivity contribution in [3.05, 3.63) is 63.4 Å². The van der Waals surface area contributed by atoms with Crippen LogP contribution in [-0.4, -0.2) is 25.5 Å². The van der Waals surface area contributed by atoms with Gasteiger partial charge in [0.2, 0.25) is 0 Å². The van der Waals surface area contributed by atoms with Crippen molar-refractivity contribution >= 4 is 33.4 Å². The van der Waals surface area contributed by atoms with E-state index in [4.69, 9.17) is 16.3 Å². The number of nitrogens with one attached hydrogen (secondary N) is 1. The molecule has 0 aliphatic rings. The first-order chi connectivity index (χ1) is 13.0. The molecule has 1 amide bonds. The number of hydrogen-bond donors (Lipinski definition) is 1. The van der Waals surface area contributed by atoms with E-state index in [1.807, 2.05) is 6.92 Å². The van der Waals surface area contributed by atoms with Gasteiger partial charge < -0.3 is 10.1 Å². The SMILES string of the molecule is CCn1ncc(Br)c1CNC(=O)c1ccn(COc2ccc(F)c(Cl)c2)n1. The van der Waals surface area contributed by atoms with Gasteiger partial charge in [-0.3, -0.25) is 9.48 Å². The number of aromatic nitrogens is 4. The zero-order valence-electron chi connectivity index (χ0n) is 14.3. The van der Waals surface area contributed by atoms with Crippen molar-refractivity contribution < 1.29 is 13.9 Å². The third-order valence-corrected chi connectivity index (χ3v) is 4.69. The summed E-state index contributed by atoms with van der Waals surface area (Å²) in [5, 5.41) is 11.2. The van der Waals surface area contributed by atoms with E-state index >= 15 is 0 Å². The molecule has 0 radical (unpaired) electrons. The van der Waals surface area contributed by atoms with Crippen LogP contribution in [0, 0.1) is 5.82 Å². The lowest BCUT2D eigenvalue weighted by Crippen LogP contribution is -2.25. The van der Waals surface area contributed by atoms with E-state index in [0.717, 1.165) is 10.2 Å². The molecule has 0 saturated carbocycles. The molecule has 1 N–H and O–H groups in total. The van der Waals surface area contributed by atoms with Crippen LogP contribution in [0.1, 0.15) is 23.1 Å². The predicted octanol–water partition coefficient (Wildman–Crippen LogP) is 3.62. The molecular weight excluding hydrogens is 441 g/mol. The van der Waals surface area contributed by atoms with Crippen molar-refractivity contribution in [1.82, 2.24) is 24.9 Å². The summed E-state index contributed by atoms with van der Waals surface area (Å²) in [7, 11) is 0. The van der Waals surface area contributed by atoms with Crippen LogP contribution >= 0.6 is 27.5 Å². The first-order valence-electron chi connectivity index (χ1n) is 8.07. The number of benzene rings is 1. The topological polar surface area (TPSA) is 74.0 Å². The maximum Gasteiger partial charge on any atom is 0.272 e. The van der Waals surface area contributed by atoms with Gasteiger partial charge in [0.05, 0.1) is 27.9 Å². The highest BCUT2D eigenvalue weighted by molar-refractivity contribution is 9.10. The minimum absolute atomic E-state index is 0.0227. The third kappa shape index (κ3) is 4.67. The van der Waals surface area contributed by atoms with Gasteiger partial charge in [-0.15, -0.1) is 0 Å². The van der Waals surface area contributed by atoms with Gasteiger partial charge in [-0.1, -0.05) is 11.6 Å². The highest BCUT2D eigenvalue weighted by atomic mass is 79.9. The van der Waals surface area contributed by atoms with Crippen molar-refractivity contribution in [2.45, 2.75) is 26.7 Å². The van der Waals surface area contributed by atoms with E-state index in [0.29, 0.717) is 18.8 Å². The average Bonchev–Trinajstić information content (AvgIpc) is 3.27. The number of nitrogens with zero attached hydrogens (tertiary/aromatic N) is 4. The monoisotopic (exact) mass is 455 g/mol. The van der Waals surface area contributed by atoms with E-state index in [1.165, 1.54) is 22.9 Å². The maximum atomic E-state index is 13.1. The molecule has 0 fully saturated rings. The summed E-state index contributed by atoms with van der Waals surface area (Å²) >= 11 is 9.13. The molecule has 3 rings (SSSR count). The minimum Gasteiger partial charge on any atom is -0.471 e. The quantitative estimate of drug-likeness (QED) is 0.589. The van der Waals surface area contributed by atoms with Gasteiger partial charge in [-0.05, 0) is 41.1 Å². The first-order valence-corrected chi connectivity index (χ1v) is 9.24. The van der Waals surface area contributed by atoms with E-state index in [2.05, 4.69) is 31.4 Å². The fourth-order valence-corrected chi connectivity index (χ4v) is 2.96. The number of aryl methyl sites for hydroxylation is 1. The van der Waals surface area contributed by atoms with Crippen LogP contribution < -0.4 is 10.1 Å². The lowest BCUT2D eigenvalue weighted by atomic mass is 10.3. The Kier molecular flexibility index (Phi) is 6.12. The fourth-order valence-electron chi connectivity index (χ4n) is 2.35. The standard InChI is InChI=1S/C17H16BrClFN5O2/c1-2-25-16(12(18)8-22-25)9-21-17(26)15-5-6-24(23-15)10-27-11-3-4-14(20)13(19)7-11/h3-8H,2,9-10H2,1H3,(H,21,26). The van der Waals surface area contributed by atoms with Crippen LogP contribution in [-0.2, 0) is 19.8 Å². The Hall–Kier alpha value is -2.39. The van der Waals surface area contributed by atoms with Crippen molar-refractivity contribution in [1.29, 1.82) is 0 Å². The van der Waals surface area contributed by atoms with Gasteiger partial charge in [-0.25, -0.2) is 9.07 Å². The number of ether oxygens (including phenoxy) is 1. The highest BCUT2D eigenvalue weighted by Crippen LogP contribution is 2.21. The molecular formula is C17H16BrClFN5O2. The molecule has 2 aromatic heterocycles. The number of rotatable bonds is 7. The van der Waals surface area contributed by atoms with Crippen LogP contribution in [0.4, 0.5) is 4.39 Å². The molecule has 10 heteroatoms. The van der Waals surface area contributed by atoms with Crippen molar-refractivity contribution in [2.24, 2.45) is 0 Å². The van der Waals surface area contributed by atoms with Crippen molar-refractivity contribution in [3.8, 4) is 5.75 Å². The molecule has 7 nitrogen and oxygen atoms in total. The van der Waals surface area contributed by atoms with Gasteiger partial charge >= 0.3 is 0 Å². The summed E-state index contributed by atoms with van der Waals surface area (Å²) in [6, 6.07) is 5.65. The number of halogens is 3. The Bertz CT molecular complexity index is 959. The van der Waals surface area contributed by atoms with Crippen LogP contribution in [0.5, 0.6) is 5.75 Å². The largest absolute Gasteiger partial charge is 0.471 e. The lowest BCUT2D eigenvalue weighted by molar-refractivity contribution is 0.0942. The molecule has 0 saturated heterocycles. The Labute approximate surface area is 168 Å². The normalized spacial score (nSPS) is 10.8. The zero-order valence-corrected chi connectivity index (χ0v) is 16.7. The van der Waals surface area contributed by atoms with Gasteiger partial charge in [0, 0.05) is 18.8 Å². The number of carbonyl (C=O) groups excluding carboxylic acids is 1. The van der Waals surface area contributed by atoms with Crippen molar-refractivity contribution in [3.63, 3.8) is 0 Å². The first kappa shape index (κ1) is 19.4. The smallest absolute Gasteiger partial charge is 0.272 e. The zero-order chi connectivity index (χ0) is 19.4. The molecule has 0 unspecified atom stereocenters. The molecule has 27 heavy (non-hydrogen) atoms. The third-order valence-electron chi connectivity index (χ3n) is 3.74. The fraction of sp³-hybridized carbons (Fsp3) is 0.235. The molecule has 0 aliphatic heterocycles. The number of carbonyl (C=O) groups is 1. The molecule has 0 spiro atoms. The molecule has 0 bridgehead atoms. The molecule has 0 aliphatic carbocycles. The average molecular weight is 457 g/mol. The molecule has 1 aromatic carbocycles. The van der Waals surface area contributed by atoms with E-state index < -0.39 is 5.82 Å². The lowest BCUT2D eigenvalue weighted by Gasteiger charge is -2.07.